The van der Waals surface area contributed by atoms with Gasteiger partial charge in [-0.05, 0) is 52.2 Å². The minimum absolute atomic E-state index is 0.131. The summed E-state index contributed by atoms with van der Waals surface area (Å²) >= 11 is 3.40. The van der Waals surface area contributed by atoms with Crippen LogP contribution in [0.3, 0.4) is 0 Å². The predicted molar refractivity (Wildman–Crippen MR) is 91.3 cm³/mol. The maximum atomic E-state index is 11.3. The Balaban J connectivity index is 2.14. The normalized spacial score (nSPS) is 10.2. The van der Waals surface area contributed by atoms with Gasteiger partial charge in [0.1, 0.15) is 11.6 Å². The van der Waals surface area contributed by atoms with Gasteiger partial charge in [0.25, 0.3) is 0 Å². The zero-order chi connectivity index (χ0) is 16.1. The largest absolute Gasteiger partial charge is 0.495 e. The molecule has 0 atom stereocenters. The Kier molecular flexibility index (Phi) is 5.38. The number of hydrogen-bond donors (Lipinski definition) is 2. The summed E-state index contributed by atoms with van der Waals surface area (Å²) in [6, 6.07) is 7.68. The van der Waals surface area contributed by atoms with Crippen molar-refractivity contribution >= 4 is 33.3 Å². The van der Waals surface area contributed by atoms with E-state index in [1.54, 1.807) is 13.3 Å². The van der Waals surface area contributed by atoms with Gasteiger partial charge in [-0.2, -0.15) is 0 Å². The lowest BCUT2D eigenvalue weighted by Gasteiger charge is -2.13. The summed E-state index contributed by atoms with van der Waals surface area (Å²) in [5, 5.41) is 6.06. The number of ether oxygens (including phenoxy) is 1. The third kappa shape index (κ3) is 4.21. The Morgan fingerprint density at radius 2 is 2.14 bits per heavy atom. The number of aryl methyl sites for hydroxylation is 1. The lowest BCUT2D eigenvalue weighted by Crippen LogP contribution is -2.09. The Morgan fingerprint density at radius 3 is 2.77 bits per heavy atom. The van der Waals surface area contributed by atoms with E-state index in [2.05, 4.69) is 31.5 Å². The molecule has 1 aromatic carbocycles. The lowest BCUT2D eigenvalue weighted by atomic mass is 10.1. The highest BCUT2D eigenvalue weighted by atomic mass is 79.9. The molecule has 2 N–H and O–H groups in total. The number of pyridine rings is 1. The number of nitrogens with zero attached hydrogens (tertiary/aromatic N) is 1. The molecule has 116 valence electrons. The Bertz CT molecular complexity index is 689. The fraction of sp³-hybridized carbons (Fsp3) is 0.250. The van der Waals surface area contributed by atoms with Gasteiger partial charge in [0.2, 0.25) is 5.91 Å². The maximum absolute atomic E-state index is 11.3. The monoisotopic (exact) mass is 363 g/mol. The van der Waals surface area contributed by atoms with Gasteiger partial charge in [0.15, 0.2) is 0 Å². The number of methoxy groups -OCH3 is 1. The van der Waals surface area contributed by atoms with Crippen molar-refractivity contribution in [1.82, 2.24) is 4.98 Å². The smallest absolute Gasteiger partial charge is 0.221 e. The van der Waals surface area contributed by atoms with E-state index in [4.69, 9.17) is 4.74 Å². The second kappa shape index (κ2) is 7.26. The van der Waals surface area contributed by atoms with Crippen LogP contribution in [0.2, 0.25) is 0 Å². The van der Waals surface area contributed by atoms with Crippen LogP contribution < -0.4 is 15.4 Å². The summed E-state index contributed by atoms with van der Waals surface area (Å²) in [6.07, 6.45) is 1.76. The van der Waals surface area contributed by atoms with Crippen molar-refractivity contribution in [2.24, 2.45) is 0 Å². The molecule has 5 nitrogen and oxygen atoms in total. The zero-order valence-corrected chi connectivity index (χ0v) is 14.3. The molecule has 0 aliphatic rings. The van der Waals surface area contributed by atoms with Crippen LogP contribution in [0.5, 0.6) is 5.75 Å². The zero-order valence-electron chi connectivity index (χ0n) is 12.7. The van der Waals surface area contributed by atoms with Crippen molar-refractivity contribution in [2.75, 3.05) is 17.7 Å². The molecule has 0 fully saturated rings. The molecular formula is C16H18BrN3O2. The number of carbonyl (C=O) groups is 1. The molecule has 2 rings (SSSR count). The van der Waals surface area contributed by atoms with Crippen LogP contribution in [0, 0.1) is 6.92 Å². The molecule has 0 unspecified atom stereocenters. The number of rotatable bonds is 5. The highest BCUT2D eigenvalue weighted by molar-refractivity contribution is 9.10. The number of halogens is 1. The Morgan fingerprint density at radius 1 is 1.36 bits per heavy atom. The van der Waals surface area contributed by atoms with Crippen molar-refractivity contribution in [2.45, 2.75) is 20.4 Å². The van der Waals surface area contributed by atoms with Crippen molar-refractivity contribution in [3.8, 4) is 5.75 Å². The van der Waals surface area contributed by atoms with E-state index in [0.29, 0.717) is 18.0 Å². The molecule has 0 aliphatic carbocycles. The summed E-state index contributed by atoms with van der Waals surface area (Å²) < 4.78 is 6.20. The van der Waals surface area contributed by atoms with Crippen LogP contribution in [-0.4, -0.2) is 18.0 Å². The fourth-order valence-corrected chi connectivity index (χ4v) is 2.51. The van der Waals surface area contributed by atoms with Crippen molar-refractivity contribution in [3.63, 3.8) is 0 Å². The number of carbonyl (C=O) groups excluding carboxylic acids is 1. The average Bonchev–Trinajstić information content (AvgIpc) is 2.46. The van der Waals surface area contributed by atoms with E-state index in [-0.39, 0.29) is 5.91 Å². The topological polar surface area (TPSA) is 63.2 Å². The SMILES string of the molecule is COc1ccc(CNc2ncc(Br)cc2C)cc1NC(C)=O. The molecule has 1 amide bonds. The lowest BCUT2D eigenvalue weighted by molar-refractivity contribution is -0.114. The van der Waals surface area contributed by atoms with Gasteiger partial charge >= 0.3 is 0 Å². The molecular weight excluding hydrogens is 346 g/mol. The second-order valence-corrected chi connectivity index (χ2v) is 5.80. The van der Waals surface area contributed by atoms with E-state index < -0.39 is 0 Å². The minimum atomic E-state index is -0.131. The summed E-state index contributed by atoms with van der Waals surface area (Å²) in [7, 11) is 1.58. The van der Waals surface area contributed by atoms with Crippen LogP contribution >= 0.6 is 15.9 Å². The van der Waals surface area contributed by atoms with E-state index >= 15 is 0 Å². The van der Waals surface area contributed by atoms with Gasteiger partial charge in [-0.15, -0.1) is 0 Å². The van der Waals surface area contributed by atoms with E-state index in [9.17, 15) is 4.79 Å². The predicted octanol–water partition coefficient (Wildman–Crippen LogP) is 3.73. The quantitative estimate of drug-likeness (QED) is 0.849. The molecule has 0 saturated carbocycles. The van der Waals surface area contributed by atoms with Crippen molar-refractivity contribution in [3.05, 3.63) is 46.1 Å². The molecule has 0 saturated heterocycles. The van der Waals surface area contributed by atoms with Gasteiger partial charge in [0, 0.05) is 24.1 Å². The number of anilines is 2. The van der Waals surface area contributed by atoms with Crippen LogP contribution in [0.1, 0.15) is 18.1 Å². The van der Waals surface area contributed by atoms with Crippen LogP contribution in [0.15, 0.2) is 34.9 Å². The van der Waals surface area contributed by atoms with Gasteiger partial charge in [0.05, 0.1) is 12.8 Å². The molecule has 6 heteroatoms. The molecule has 0 aliphatic heterocycles. The van der Waals surface area contributed by atoms with E-state index in [1.807, 2.05) is 31.2 Å². The number of aromatic nitrogens is 1. The molecule has 1 heterocycles. The number of benzene rings is 1. The van der Waals surface area contributed by atoms with Crippen LogP contribution in [-0.2, 0) is 11.3 Å². The minimum Gasteiger partial charge on any atom is -0.495 e. The maximum Gasteiger partial charge on any atom is 0.221 e. The van der Waals surface area contributed by atoms with Crippen LogP contribution in [0.4, 0.5) is 11.5 Å². The first kappa shape index (κ1) is 16.3. The van der Waals surface area contributed by atoms with Crippen molar-refractivity contribution in [1.29, 1.82) is 0 Å². The summed E-state index contributed by atoms with van der Waals surface area (Å²) in [5.74, 6) is 1.34. The van der Waals surface area contributed by atoms with Gasteiger partial charge in [-0.3, -0.25) is 4.79 Å². The molecule has 2 aromatic rings. The highest BCUT2D eigenvalue weighted by Crippen LogP contribution is 2.26. The molecule has 1 aromatic heterocycles. The number of nitrogens with one attached hydrogen (secondary N) is 2. The molecule has 0 spiro atoms. The molecule has 22 heavy (non-hydrogen) atoms. The molecule has 0 bridgehead atoms. The van der Waals surface area contributed by atoms with Crippen molar-refractivity contribution < 1.29 is 9.53 Å². The Labute approximate surface area is 138 Å². The summed E-state index contributed by atoms with van der Waals surface area (Å²) in [6.45, 7) is 4.07. The first-order valence-corrected chi connectivity index (χ1v) is 7.59. The average molecular weight is 364 g/mol. The summed E-state index contributed by atoms with van der Waals surface area (Å²) in [5.41, 5.74) is 2.74. The van der Waals surface area contributed by atoms with Gasteiger partial charge in [-0.1, -0.05) is 6.07 Å². The number of amides is 1. The van der Waals surface area contributed by atoms with E-state index in [1.165, 1.54) is 6.92 Å². The highest BCUT2D eigenvalue weighted by Gasteiger charge is 2.07. The third-order valence-electron chi connectivity index (χ3n) is 3.08. The second-order valence-electron chi connectivity index (χ2n) is 4.89. The first-order valence-electron chi connectivity index (χ1n) is 6.80. The van der Waals surface area contributed by atoms with E-state index in [0.717, 1.165) is 21.4 Å². The van der Waals surface area contributed by atoms with Crippen LogP contribution in [0.25, 0.3) is 0 Å². The van der Waals surface area contributed by atoms with Gasteiger partial charge in [-0.25, -0.2) is 4.98 Å². The standard InChI is InChI=1S/C16H18BrN3O2/c1-10-6-13(17)9-19-16(10)18-8-12-4-5-15(22-3)14(7-12)20-11(2)21/h4-7,9H,8H2,1-3H3,(H,18,19)(H,20,21). The molecule has 0 radical (unpaired) electrons. The Hall–Kier alpha value is -2.08. The third-order valence-corrected chi connectivity index (χ3v) is 3.51. The first-order chi connectivity index (χ1) is 10.5. The fourth-order valence-electron chi connectivity index (χ4n) is 2.06. The summed E-state index contributed by atoms with van der Waals surface area (Å²) in [4.78, 5) is 15.6. The number of hydrogen-bond acceptors (Lipinski definition) is 4. The van der Waals surface area contributed by atoms with Gasteiger partial charge < -0.3 is 15.4 Å².